The summed E-state index contributed by atoms with van der Waals surface area (Å²) in [5, 5.41) is 0. The lowest BCUT2D eigenvalue weighted by atomic mass is 10.1. The molecule has 0 aliphatic rings. The molecule has 8 heteroatoms. The van der Waals surface area contributed by atoms with E-state index in [4.69, 9.17) is 28.4 Å². The molecule has 0 aliphatic carbocycles. The Morgan fingerprint density at radius 1 is 0.611 bits per heavy atom. The first-order chi connectivity index (χ1) is 17.2. The Kier molecular flexibility index (Phi) is 15.5. The van der Waals surface area contributed by atoms with Crippen LogP contribution in [0, 0.1) is 0 Å². The molecule has 0 unspecified atom stereocenters. The van der Waals surface area contributed by atoms with Crippen LogP contribution in [0.2, 0.25) is 0 Å². The Morgan fingerprint density at radius 2 is 0.917 bits per heavy atom. The molecule has 0 bridgehead atoms. The summed E-state index contributed by atoms with van der Waals surface area (Å²) in [6, 6.07) is 6.13. The van der Waals surface area contributed by atoms with E-state index in [1.807, 2.05) is 27.7 Å². The third-order valence-corrected chi connectivity index (χ3v) is 5.34. The van der Waals surface area contributed by atoms with Crippen LogP contribution >= 0.6 is 0 Å². The molecule has 0 heterocycles. The first-order valence-electron chi connectivity index (χ1n) is 13.3. The van der Waals surface area contributed by atoms with E-state index in [2.05, 4.69) is 0 Å². The van der Waals surface area contributed by atoms with Gasteiger partial charge in [0.25, 0.3) is 0 Å². The fourth-order valence-corrected chi connectivity index (χ4v) is 3.04. The van der Waals surface area contributed by atoms with Gasteiger partial charge in [0.2, 0.25) is 0 Å². The van der Waals surface area contributed by atoms with Crippen molar-refractivity contribution in [1.29, 1.82) is 0 Å². The van der Waals surface area contributed by atoms with Gasteiger partial charge in [-0.1, -0.05) is 59.4 Å². The fraction of sp³-hybridized carbons (Fsp3) is 0.714. The number of esters is 2. The summed E-state index contributed by atoms with van der Waals surface area (Å²) in [6.07, 6.45) is 6.99. The molecule has 1 aromatic rings. The van der Waals surface area contributed by atoms with E-state index in [9.17, 15) is 9.59 Å². The van der Waals surface area contributed by atoms with E-state index in [0.29, 0.717) is 26.4 Å². The van der Waals surface area contributed by atoms with E-state index in [-0.39, 0.29) is 11.1 Å². The van der Waals surface area contributed by atoms with E-state index in [0.717, 1.165) is 51.4 Å². The smallest absolute Gasteiger partial charge is 0.342 e. The maximum absolute atomic E-state index is 13.0. The van der Waals surface area contributed by atoms with Crippen molar-refractivity contribution in [2.45, 2.75) is 105 Å². The molecule has 0 radical (unpaired) electrons. The summed E-state index contributed by atoms with van der Waals surface area (Å²) in [7, 11) is 0. The Hall–Kier alpha value is -2.00. The highest BCUT2D eigenvalue weighted by Crippen LogP contribution is 2.22. The lowest BCUT2D eigenvalue weighted by Crippen LogP contribution is -2.39. The molecule has 0 saturated heterocycles. The summed E-state index contributed by atoms with van der Waals surface area (Å²) in [4.78, 5) is 25.9. The van der Waals surface area contributed by atoms with E-state index in [1.54, 1.807) is 32.0 Å². The normalized spacial score (nSPS) is 11.9. The first-order valence-corrected chi connectivity index (χ1v) is 13.3. The van der Waals surface area contributed by atoms with Gasteiger partial charge in [-0.3, -0.25) is 0 Å². The second-order valence-electron chi connectivity index (χ2n) is 8.89. The number of hydrogen-bond acceptors (Lipinski definition) is 8. The molecule has 0 saturated carbocycles. The van der Waals surface area contributed by atoms with Crippen LogP contribution in [0.5, 0.6) is 0 Å². The van der Waals surface area contributed by atoms with Gasteiger partial charge in [0.1, 0.15) is 0 Å². The number of carbonyl (C=O) groups is 2. The van der Waals surface area contributed by atoms with Crippen molar-refractivity contribution in [1.82, 2.24) is 0 Å². The minimum absolute atomic E-state index is 0.175. The van der Waals surface area contributed by atoms with Gasteiger partial charge in [-0.25, -0.2) is 9.59 Å². The lowest BCUT2D eigenvalue weighted by Gasteiger charge is -2.29. The van der Waals surface area contributed by atoms with Gasteiger partial charge in [0.05, 0.1) is 37.6 Å². The lowest BCUT2D eigenvalue weighted by molar-refractivity contribution is -0.345. The first kappa shape index (κ1) is 32.0. The van der Waals surface area contributed by atoms with Crippen LogP contribution in [0.1, 0.15) is 114 Å². The molecular weight excluding hydrogens is 464 g/mol. The molecule has 8 nitrogen and oxygen atoms in total. The largest absolute Gasteiger partial charge is 0.404 e. The number of benzene rings is 1. The van der Waals surface area contributed by atoms with Crippen LogP contribution in [0.15, 0.2) is 24.3 Å². The molecule has 36 heavy (non-hydrogen) atoms. The molecule has 0 spiro atoms. The van der Waals surface area contributed by atoms with Crippen LogP contribution in [0.3, 0.4) is 0 Å². The Labute approximate surface area is 216 Å². The second kappa shape index (κ2) is 17.5. The maximum atomic E-state index is 13.0. The molecular formula is C28H46O8. The average Bonchev–Trinajstić information content (AvgIpc) is 2.85. The number of rotatable bonds is 20. The van der Waals surface area contributed by atoms with Crippen molar-refractivity contribution in [3.63, 3.8) is 0 Å². The summed E-state index contributed by atoms with van der Waals surface area (Å²) in [6.45, 7) is 12.9. The quantitative estimate of drug-likeness (QED) is 0.110. The zero-order valence-electron chi connectivity index (χ0n) is 23.1. The summed E-state index contributed by atoms with van der Waals surface area (Å²) < 4.78 is 34.2. The molecule has 1 rings (SSSR count). The Balaban J connectivity index is 2.95. The molecule has 1 aromatic carbocycles. The van der Waals surface area contributed by atoms with Crippen LogP contribution in [0.25, 0.3) is 0 Å². The topological polar surface area (TPSA) is 89.5 Å². The van der Waals surface area contributed by atoms with E-state index >= 15 is 0 Å². The molecule has 0 N–H and O–H groups in total. The van der Waals surface area contributed by atoms with Crippen molar-refractivity contribution < 1.29 is 38.0 Å². The van der Waals surface area contributed by atoms with Gasteiger partial charge in [0, 0.05) is 13.8 Å². The summed E-state index contributed by atoms with van der Waals surface area (Å²) in [5.41, 5.74) is 0.351. The zero-order valence-corrected chi connectivity index (χ0v) is 23.1. The van der Waals surface area contributed by atoms with E-state index in [1.165, 1.54) is 6.07 Å². The standard InChI is InChI=1S/C28H46O8/c1-7-11-18-31-27(5,32-19-12-8-2)35-25(29)23-16-15-17-24(22-23)26(30)36-28(6,33-20-13-9-3)34-21-14-10-4/h15-17,22H,7-14,18-21H2,1-6H3. The second-order valence-corrected chi connectivity index (χ2v) is 8.89. The van der Waals surface area contributed by atoms with Crippen molar-refractivity contribution in [2.75, 3.05) is 26.4 Å². The molecule has 0 aliphatic heterocycles. The number of unbranched alkanes of at least 4 members (excludes halogenated alkanes) is 4. The third-order valence-electron chi connectivity index (χ3n) is 5.34. The van der Waals surface area contributed by atoms with Crippen LogP contribution in [-0.4, -0.2) is 50.3 Å². The summed E-state index contributed by atoms with van der Waals surface area (Å²) >= 11 is 0. The monoisotopic (exact) mass is 510 g/mol. The number of ether oxygens (including phenoxy) is 6. The fourth-order valence-electron chi connectivity index (χ4n) is 3.04. The predicted octanol–water partition coefficient (Wildman–Crippen LogP) is 6.61. The van der Waals surface area contributed by atoms with Gasteiger partial charge < -0.3 is 28.4 Å². The van der Waals surface area contributed by atoms with E-state index < -0.39 is 23.9 Å². The Morgan fingerprint density at radius 3 is 1.19 bits per heavy atom. The van der Waals surface area contributed by atoms with Crippen LogP contribution in [0.4, 0.5) is 0 Å². The molecule has 0 aromatic heterocycles. The molecule has 0 fully saturated rings. The van der Waals surface area contributed by atoms with Crippen LogP contribution < -0.4 is 0 Å². The Bertz CT molecular complexity index is 684. The van der Waals surface area contributed by atoms with Crippen molar-refractivity contribution >= 4 is 11.9 Å². The van der Waals surface area contributed by atoms with Gasteiger partial charge in [-0.05, 0) is 43.9 Å². The molecule has 0 amide bonds. The minimum Gasteiger partial charge on any atom is -0.404 e. The average molecular weight is 511 g/mol. The molecule has 0 atom stereocenters. The highest BCUT2D eigenvalue weighted by Gasteiger charge is 2.33. The van der Waals surface area contributed by atoms with Crippen molar-refractivity contribution in [2.24, 2.45) is 0 Å². The summed E-state index contributed by atoms with van der Waals surface area (Å²) in [5.74, 6) is -4.37. The minimum atomic E-state index is -1.52. The van der Waals surface area contributed by atoms with Crippen LogP contribution in [-0.2, 0) is 28.4 Å². The number of hydrogen-bond donors (Lipinski definition) is 0. The highest BCUT2D eigenvalue weighted by atomic mass is 16.9. The maximum Gasteiger partial charge on any atom is 0.342 e. The third kappa shape index (κ3) is 12.3. The highest BCUT2D eigenvalue weighted by molar-refractivity contribution is 5.95. The SMILES string of the molecule is CCCCOC(C)(OCCCC)OC(=O)c1cccc(C(=O)OC(C)(OCCCC)OCCCC)c1. The van der Waals surface area contributed by atoms with Crippen molar-refractivity contribution in [3.8, 4) is 0 Å². The molecule has 206 valence electrons. The van der Waals surface area contributed by atoms with Gasteiger partial charge >= 0.3 is 23.9 Å². The van der Waals surface area contributed by atoms with Gasteiger partial charge in [-0.2, -0.15) is 0 Å². The van der Waals surface area contributed by atoms with Crippen molar-refractivity contribution in [3.05, 3.63) is 35.4 Å². The zero-order chi connectivity index (χ0) is 26.9. The van der Waals surface area contributed by atoms with Gasteiger partial charge in [-0.15, -0.1) is 0 Å². The van der Waals surface area contributed by atoms with Gasteiger partial charge in [0.15, 0.2) is 0 Å². The predicted molar refractivity (Wildman–Crippen MR) is 138 cm³/mol. The number of carbonyl (C=O) groups excluding carboxylic acids is 2.